The van der Waals surface area contributed by atoms with Crippen LogP contribution in [0.3, 0.4) is 0 Å². The second kappa shape index (κ2) is 5.12. The van der Waals surface area contributed by atoms with Crippen LogP contribution < -0.4 is 5.32 Å². The molecule has 0 spiro atoms. The van der Waals surface area contributed by atoms with Gasteiger partial charge >= 0.3 is 0 Å². The fraction of sp³-hybridized carbons (Fsp3) is 0.533. The van der Waals surface area contributed by atoms with Crippen molar-refractivity contribution in [2.24, 2.45) is 17.8 Å². The maximum atomic E-state index is 11.1. The second-order valence-electron chi connectivity index (χ2n) is 5.92. The van der Waals surface area contributed by atoms with Crippen molar-refractivity contribution < 1.29 is 4.92 Å². The van der Waals surface area contributed by atoms with E-state index in [1.54, 1.807) is 12.1 Å². The Balaban J connectivity index is 1.71. The summed E-state index contributed by atoms with van der Waals surface area (Å²) < 4.78 is 0. The molecule has 0 radical (unpaired) electrons. The van der Waals surface area contributed by atoms with E-state index in [1.807, 2.05) is 6.07 Å². The molecule has 2 saturated carbocycles. The van der Waals surface area contributed by atoms with Gasteiger partial charge in [0, 0.05) is 12.6 Å². The topological polar surface area (TPSA) is 79.0 Å². The van der Waals surface area contributed by atoms with Gasteiger partial charge in [0.05, 0.1) is 16.6 Å². The quantitative estimate of drug-likeness (QED) is 0.673. The first-order valence-corrected chi connectivity index (χ1v) is 7.10. The summed E-state index contributed by atoms with van der Waals surface area (Å²) in [5.41, 5.74) is 0.839. The lowest BCUT2D eigenvalue weighted by atomic mass is 9.89. The zero-order chi connectivity index (χ0) is 14.1. The van der Waals surface area contributed by atoms with Crippen molar-refractivity contribution in [3.63, 3.8) is 0 Å². The smallest absolute Gasteiger partial charge is 0.293 e. The molecule has 0 unspecified atom stereocenters. The Hall–Kier alpha value is -2.09. The van der Waals surface area contributed by atoms with Gasteiger partial charge < -0.3 is 5.32 Å². The first kappa shape index (κ1) is 12.9. The number of hydrogen-bond donors (Lipinski definition) is 1. The Bertz CT molecular complexity index is 579. The van der Waals surface area contributed by atoms with Gasteiger partial charge in [-0.25, -0.2) is 0 Å². The van der Waals surface area contributed by atoms with Crippen LogP contribution in [0.1, 0.15) is 31.2 Å². The summed E-state index contributed by atoms with van der Waals surface area (Å²) in [5, 5.41) is 23.1. The molecular weight excluding hydrogens is 254 g/mol. The molecule has 0 heterocycles. The molecule has 2 bridgehead atoms. The number of rotatable bonds is 4. The number of anilines is 1. The van der Waals surface area contributed by atoms with Crippen molar-refractivity contribution >= 4 is 11.4 Å². The van der Waals surface area contributed by atoms with Gasteiger partial charge in [-0.05, 0) is 49.1 Å². The third kappa shape index (κ3) is 2.34. The number of fused-ring (bicyclic) bond motifs is 2. The summed E-state index contributed by atoms with van der Waals surface area (Å²) in [7, 11) is 0. The normalized spacial score (nSPS) is 27.2. The van der Waals surface area contributed by atoms with E-state index in [9.17, 15) is 10.1 Å². The Labute approximate surface area is 117 Å². The number of nitro benzene ring substituents is 1. The van der Waals surface area contributed by atoms with Crippen LogP contribution >= 0.6 is 0 Å². The van der Waals surface area contributed by atoms with Crippen LogP contribution in [0.25, 0.3) is 0 Å². The monoisotopic (exact) mass is 271 g/mol. The first-order chi connectivity index (χ1) is 9.67. The fourth-order valence-electron chi connectivity index (χ4n) is 3.77. The number of nitrogens with one attached hydrogen (secondary N) is 1. The molecule has 2 aliphatic carbocycles. The van der Waals surface area contributed by atoms with Gasteiger partial charge in [-0.2, -0.15) is 5.26 Å². The van der Waals surface area contributed by atoms with Crippen LogP contribution in [-0.2, 0) is 0 Å². The molecule has 20 heavy (non-hydrogen) atoms. The van der Waals surface area contributed by atoms with E-state index in [1.165, 1.54) is 31.7 Å². The predicted octanol–water partition coefficient (Wildman–Crippen LogP) is 3.31. The molecule has 0 saturated heterocycles. The third-order valence-corrected chi connectivity index (χ3v) is 4.76. The van der Waals surface area contributed by atoms with E-state index in [4.69, 9.17) is 5.26 Å². The second-order valence-corrected chi connectivity index (χ2v) is 5.92. The van der Waals surface area contributed by atoms with Crippen LogP contribution in [0, 0.1) is 39.2 Å². The molecule has 1 aromatic carbocycles. The van der Waals surface area contributed by atoms with E-state index in [0.29, 0.717) is 17.2 Å². The van der Waals surface area contributed by atoms with E-state index in [2.05, 4.69) is 5.32 Å². The summed E-state index contributed by atoms with van der Waals surface area (Å²) in [6.07, 6.45) is 5.26. The zero-order valence-corrected chi connectivity index (χ0v) is 11.2. The van der Waals surface area contributed by atoms with Gasteiger partial charge in [0.15, 0.2) is 0 Å². The van der Waals surface area contributed by atoms with Crippen molar-refractivity contribution in [1.29, 1.82) is 5.26 Å². The van der Waals surface area contributed by atoms with Crippen LogP contribution in [0.4, 0.5) is 11.4 Å². The number of nitro groups is 1. The lowest BCUT2D eigenvalue weighted by Gasteiger charge is -2.22. The molecule has 104 valence electrons. The van der Waals surface area contributed by atoms with E-state index < -0.39 is 4.92 Å². The van der Waals surface area contributed by atoms with E-state index in [-0.39, 0.29) is 5.69 Å². The van der Waals surface area contributed by atoms with Crippen molar-refractivity contribution in [3.05, 3.63) is 33.9 Å². The Kier molecular flexibility index (Phi) is 3.31. The molecule has 1 N–H and O–H groups in total. The van der Waals surface area contributed by atoms with Gasteiger partial charge in [-0.15, -0.1) is 0 Å². The van der Waals surface area contributed by atoms with Gasteiger partial charge in [-0.1, -0.05) is 6.42 Å². The third-order valence-electron chi connectivity index (χ3n) is 4.76. The fourth-order valence-corrected chi connectivity index (χ4v) is 3.77. The highest BCUT2D eigenvalue weighted by Crippen LogP contribution is 2.48. The first-order valence-electron chi connectivity index (χ1n) is 7.10. The van der Waals surface area contributed by atoms with E-state index in [0.717, 1.165) is 18.4 Å². The van der Waals surface area contributed by atoms with Gasteiger partial charge in [0.1, 0.15) is 5.69 Å². The van der Waals surface area contributed by atoms with Gasteiger partial charge in [-0.3, -0.25) is 10.1 Å². The average Bonchev–Trinajstić information content (AvgIpc) is 3.07. The molecule has 3 rings (SSSR count). The molecule has 5 nitrogen and oxygen atoms in total. The molecule has 3 atom stereocenters. The molecule has 1 aromatic rings. The lowest BCUT2D eigenvalue weighted by molar-refractivity contribution is -0.384. The molecule has 0 aliphatic heterocycles. The minimum absolute atomic E-state index is 0.00722. The summed E-state index contributed by atoms with van der Waals surface area (Å²) in [6, 6.07) is 6.54. The van der Waals surface area contributed by atoms with Crippen LogP contribution in [0.2, 0.25) is 0 Å². The minimum atomic E-state index is -0.427. The molecule has 2 fully saturated rings. The van der Waals surface area contributed by atoms with Gasteiger partial charge in [0.25, 0.3) is 5.69 Å². The Morgan fingerprint density at radius 3 is 2.85 bits per heavy atom. The number of nitrogens with zero attached hydrogens (tertiary/aromatic N) is 2. The van der Waals surface area contributed by atoms with Crippen molar-refractivity contribution in [2.45, 2.75) is 25.7 Å². The summed E-state index contributed by atoms with van der Waals surface area (Å²) in [4.78, 5) is 10.6. The lowest BCUT2D eigenvalue weighted by Crippen LogP contribution is -2.20. The molecule has 2 aliphatic rings. The zero-order valence-electron chi connectivity index (χ0n) is 11.2. The van der Waals surface area contributed by atoms with Crippen molar-refractivity contribution in [1.82, 2.24) is 0 Å². The highest BCUT2D eigenvalue weighted by Gasteiger charge is 2.39. The SMILES string of the molecule is N#Cc1ccc(NC[C@@H]2C[C@@H]3CC[C@@H]2C3)c([N+](=O)[O-])c1. The number of hydrogen-bond acceptors (Lipinski definition) is 4. The standard InChI is InChI=1S/C15H17N3O2/c16-8-11-2-4-14(15(7-11)18(19)20)17-9-13-6-10-1-3-12(13)5-10/h2,4,7,10,12-13,17H,1,3,5-6,9H2/t10-,12-,13+/m1/s1. The maximum absolute atomic E-state index is 11.1. The summed E-state index contributed by atoms with van der Waals surface area (Å²) in [6.45, 7) is 0.800. The Morgan fingerprint density at radius 1 is 1.40 bits per heavy atom. The maximum Gasteiger partial charge on any atom is 0.293 e. The Morgan fingerprint density at radius 2 is 2.25 bits per heavy atom. The molecular formula is C15H17N3O2. The summed E-state index contributed by atoms with van der Waals surface area (Å²) in [5.74, 6) is 2.32. The highest BCUT2D eigenvalue weighted by molar-refractivity contribution is 5.64. The molecule has 0 amide bonds. The number of nitriles is 1. The van der Waals surface area contributed by atoms with Crippen molar-refractivity contribution in [2.75, 3.05) is 11.9 Å². The molecule has 0 aromatic heterocycles. The van der Waals surface area contributed by atoms with Crippen LogP contribution in [0.15, 0.2) is 18.2 Å². The van der Waals surface area contributed by atoms with Crippen molar-refractivity contribution in [3.8, 4) is 6.07 Å². The van der Waals surface area contributed by atoms with Crippen LogP contribution in [0.5, 0.6) is 0 Å². The summed E-state index contributed by atoms with van der Waals surface area (Å²) >= 11 is 0. The molecule has 5 heteroatoms. The van der Waals surface area contributed by atoms with E-state index >= 15 is 0 Å². The average molecular weight is 271 g/mol. The largest absolute Gasteiger partial charge is 0.379 e. The minimum Gasteiger partial charge on any atom is -0.379 e. The number of benzene rings is 1. The predicted molar refractivity (Wildman–Crippen MR) is 75.2 cm³/mol. The van der Waals surface area contributed by atoms with Gasteiger partial charge in [0.2, 0.25) is 0 Å². The van der Waals surface area contributed by atoms with Crippen LogP contribution in [-0.4, -0.2) is 11.5 Å². The highest BCUT2D eigenvalue weighted by atomic mass is 16.6.